The molecule has 0 unspecified atom stereocenters. The topological polar surface area (TPSA) is 3.24 Å². The van der Waals surface area contributed by atoms with Gasteiger partial charge in [-0.2, -0.15) is 0 Å². The van der Waals surface area contributed by atoms with Crippen LogP contribution in [0, 0.1) is 5.92 Å². The third-order valence-electron chi connectivity index (χ3n) is 4.41. The average molecular weight is 259 g/mol. The number of anilines is 1. The maximum absolute atomic E-state index is 2.55. The Bertz CT molecular complexity index is 377. The first kappa shape index (κ1) is 14.4. The van der Waals surface area contributed by atoms with Crippen molar-refractivity contribution in [3.05, 3.63) is 29.8 Å². The lowest BCUT2D eigenvalue weighted by Gasteiger charge is -2.34. The number of nitrogens with zero attached hydrogens (tertiary/aromatic N) is 1. The van der Waals surface area contributed by atoms with Crippen molar-refractivity contribution < 1.29 is 0 Å². The molecule has 0 aromatic heterocycles. The summed E-state index contributed by atoms with van der Waals surface area (Å²) in [7, 11) is 0. The van der Waals surface area contributed by atoms with Gasteiger partial charge in [0.15, 0.2) is 0 Å². The second-order valence-electron chi connectivity index (χ2n) is 7.02. The van der Waals surface area contributed by atoms with Gasteiger partial charge >= 0.3 is 0 Å². The SMILES string of the molecule is CCCC1CCN(c2ccc(C(C)(C)C)cc2)CC1. The summed E-state index contributed by atoms with van der Waals surface area (Å²) in [6.07, 6.45) is 5.49. The third kappa shape index (κ3) is 3.75. The molecule has 0 bridgehead atoms. The largest absolute Gasteiger partial charge is 0.372 e. The molecule has 0 amide bonds. The first-order valence-electron chi connectivity index (χ1n) is 7.86. The summed E-state index contributed by atoms with van der Waals surface area (Å²) < 4.78 is 0. The summed E-state index contributed by atoms with van der Waals surface area (Å²) >= 11 is 0. The number of rotatable bonds is 3. The molecular weight excluding hydrogens is 230 g/mol. The van der Waals surface area contributed by atoms with E-state index in [4.69, 9.17) is 0 Å². The van der Waals surface area contributed by atoms with Gasteiger partial charge in [-0.05, 0) is 41.9 Å². The second kappa shape index (κ2) is 5.98. The Morgan fingerprint density at radius 2 is 1.63 bits per heavy atom. The molecule has 0 N–H and O–H groups in total. The summed E-state index contributed by atoms with van der Waals surface area (Å²) in [5, 5.41) is 0. The van der Waals surface area contributed by atoms with Gasteiger partial charge in [-0.3, -0.25) is 0 Å². The molecular formula is C18H29N. The molecule has 1 heteroatoms. The highest BCUT2D eigenvalue weighted by molar-refractivity contribution is 5.48. The molecule has 0 aliphatic carbocycles. The van der Waals surface area contributed by atoms with E-state index in [0.717, 1.165) is 5.92 Å². The van der Waals surface area contributed by atoms with Gasteiger partial charge < -0.3 is 4.90 Å². The van der Waals surface area contributed by atoms with Gasteiger partial charge in [0.2, 0.25) is 0 Å². The minimum absolute atomic E-state index is 0.257. The molecule has 1 nitrogen and oxygen atoms in total. The van der Waals surface area contributed by atoms with Gasteiger partial charge in [0.25, 0.3) is 0 Å². The number of hydrogen-bond donors (Lipinski definition) is 0. The van der Waals surface area contributed by atoms with Gasteiger partial charge in [-0.25, -0.2) is 0 Å². The molecule has 19 heavy (non-hydrogen) atoms. The monoisotopic (exact) mass is 259 g/mol. The molecule has 1 aliphatic rings. The van der Waals surface area contributed by atoms with Gasteiger partial charge in [-0.1, -0.05) is 52.7 Å². The smallest absolute Gasteiger partial charge is 0.0366 e. The van der Waals surface area contributed by atoms with Crippen LogP contribution in [-0.2, 0) is 5.41 Å². The van der Waals surface area contributed by atoms with Crippen LogP contribution in [0.3, 0.4) is 0 Å². The van der Waals surface area contributed by atoms with E-state index in [9.17, 15) is 0 Å². The first-order chi connectivity index (χ1) is 9.00. The summed E-state index contributed by atoms with van der Waals surface area (Å²) in [4.78, 5) is 2.55. The Balaban J connectivity index is 1.97. The van der Waals surface area contributed by atoms with Crippen molar-refractivity contribution in [3.63, 3.8) is 0 Å². The summed E-state index contributed by atoms with van der Waals surface area (Å²) in [5.74, 6) is 0.968. The van der Waals surface area contributed by atoms with Crippen LogP contribution in [0.15, 0.2) is 24.3 Å². The van der Waals surface area contributed by atoms with Gasteiger partial charge in [0.1, 0.15) is 0 Å². The molecule has 0 spiro atoms. The van der Waals surface area contributed by atoms with Crippen LogP contribution in [-0.4, -0.2) is 13.1 Å². The zero-order valence-electron chi connectivity index (χ0n) is 13.1. The number of piperidine rings is 1. The predicted octanol–water partition coefficient (Wildman–Crippen LogP) is 5.00. The highest BCUT2D eigenvalue weighted by atomic mass is 15.1. The highest BCUT2D eigenvalue weighted by Gasteiger charge is 2.19. The van der Waals surface area contributed by atoms with E-state index in [-0.39, 0.29) is 5.41 Å². The minimum Gasteiger partial charge on any atom is -0.372 e. The van der Waals surface area contributed by atoms with Crippen molar-refractivity contribution in [1.29, 1.82) is 0 Å². The second-order valence-corrected chi connectivity index (χ2v) is 7.02. The van der Waals surface area contributed by atoms with E-state index in [1.807, 2.05) is 0 Å². The predicted molar refractivity (Wildman–Crippen MR) is 85.0 cm³/mol. The molecule has 1 saturated heterocycles. The molecule has 0 atom stereocenters. The Morgan fingerprint density at radius 1 is 1.05 bits per heavy atom. The Morgan fingerprint density at radius 3 is 2.11 bits per heavy atom. The molecule has 106 valence electrons. The van der Waals surface area contributed by atoms with Crippen molar-refractivity contribution >= 4 is 5.69 Å². The lowest BCUT2D eigenvalue weighted by Crippen LogP contribution is -2.33. The number of hydrogen-bond acceptors (Lipinski definition) is 1. The zero-order chi connectivity index (χ0) is 13.9. The summed E-state index contributed by atoms with van der Waals surface area (Å²) in [5.41, 5.74) is 3.09. The molecule has 1 fully saturated rings. The molecule has 0 radical (unpaired) electrons. The maximum atomic E-state index is 2.55. The first-order valence-corrected chi connectivity index (χ1v) is 7.86. The van der Waals surface area contributed by atoms with Crippen molar-refractivity contribution in [2.45, 2.75) is 58.8 Å². The molecule has 1 heterocycles. The maximum Gasteiger partial charge on any atom is 0.0366 e. The van der Waals surface area contributed by atoms with Crippen LogP contribution in [0.1, 0.15) is 58.9 Å². The Hall–Kier alpha value is -0.980. The van der Waals surface area contributed by atoms with Crippen LogP contribution >= 0.6 is 0 Å². The van der Waals surface area contributed by atoms with E-state index in [1.54, 1.807) is 0 Å². The van der Waals surface area contributed by atoms with E-state index in [0.29, 0.717) is 0 Å². The van der Waals surface area contributed by atoms with Crippen LogP contribution in [0.4, 0.5) is 5.69 Å². The standard InChI is InChI=1S/C18H29N/c1-5-6-15-11-13-19(14-12-15)17-9-7-16(8-10-17)18(2,3)4/h7-10,15H,5-6,11-14H2,1-4H3. The summed E-state index contributed by atoms with van der Waals surface area (Å²) in [6, 6.07) is 9.21. The fraction of sp³-hybridized carbons (Fsp3) is 0.667. The van der Waals surface area contributed by atoms with Crippen LogP contribution in [0.25, 0.3) is 0 Å². The molecule has 0 saturated carbocycles. The molecule has 1 aliphatic heterocycles. The Kier molecular flexibility index (Phi) is 4.54. The van der Waals surface area contributed by atoms with E-state index < -0.39 is 0 Å². The van der Waals surface area contributed by atoms with Gasteiger partial charge in [0, 0.05) is 18.8 Å². The van der Waals surface area contributed by atoms with Gasteiger partial charge in [0.05, 0.1) is 0 Å². The van der Waals surface area contributed by atoms with Crippen molar-refractivity contribution in [2.75, 3.05) is 18.0 Å². The normalized spacial score (nSPS) is 17.8. The average Bonchev–Trinajstić information content (AvgIpc) is 2.39. The molecule has 2 rings (SSSR count). The lowest BCUT2D eigenvalue weighted by atomic mass is 9.87. The third-order valence-corrected chi connectivity index (χ3v) is 4.41. The fourth-order valence-electron chi connectivity index (χ4n) is 3.06. The summed E-state index contributed by atoms with van der Waals surface area (Å²) in [6.45, 7) is 11.6. The van der Waals surface area contributed by atoms with Crippen LogP contribution in [0.5, 0.6) is 0 Å². The van der Waals surface area contributed by atoms with E-state index in [2.05, 4.69) is 56.9 Å². The van der Waals surface area contributed by atoms with Crippen molar-refractivity contribution in [1.82, 2.24) is 0 Å². The van der Waals surface area contributed by atoms with Crippen LogP contribution < -0.4 is 4.90 Å². The highest BCUT2D eigenvalue weighted by Crippen LogP contribution is 2.28. The van der Waals surface area contributed by atoms with Gasteiger partial charge in [-0.15, -0.1) is 0 Å². The van der Waals surface area contributed by atoms with Crippen LogP contribution in [0.2, 0.25) is 0 Å². The quantitative estimate of drug-likeness (QED) is 0.738. The fourth-order valence-corrected chi connectivity index (χ4v) is 3.06. The Labute approximate surface area is 119 Å². The number of benzene rings is 1. The molecule has 1 aromatic rings. The lowest BCUT2D eigenvalue weighted by molar-refractivity contribution is 0.378. The van der Waals surface area contributed by atoms with Crippen molar-refractivity contribution in [2.24, 2.45) is 5.92 Å². The van der Waals surface area contributed by atoms with E-state index in [1.165, 1.54) is 50.0 Å². The van der Waals surface area contributed by atoms with E-state index >= 15 is 0 Å². The molecule has 1 aromatic carbocycles. The van der Waals surface area contributed by atoms with Crippen molar-refractivity contribution in [3.8, 4) is 0 Å². The zero-order valence-corrected chi connectivity index (χ0v) is 13.1. The minimum atomic E-state index is 0.257.